The fourth-order valence-electron chi connectivity index (χ4n) is 1.75. The molecule has 2 rings (SSSR count). The second kappa shape index (κ2) is 6.51. The lowest BCUT2D eigenvalue weighted by molar-refractivity contribution is 0.0693. The van der Waals surface area contributed by atoms with Gasteiger partial charge in [0.2, 0.25) is 10.0 Å². The first kappa shape index (κ1) is 16.5. The Kier molecular flexibility index (Phi) is 4.90. The molecule has 0 unspecified atom stereocenters. The fourth-order valence-corrected chi connectivity index (χ4v) is 3.62. The smallest absolute Gasteiger partial charge is 0.336 e. The molecule has 1 N–H and O–H groups in total. The number of benzene rings is 2. The zero-order valence-electron chi connectivity index (χ0n) is 12.1. The summed E-state index contributed by atoms with van der Waals surface area (Å²) in [5.74, 6) is -1.16. The van der Waals surface area contributed by atoms with Crippen molar-refractivity contribution in [2.45, 2.75) is 14.7 Å². The van der Waals surface area contributed by atoms with Gasteiger partial charge in [-0.2, -0.15) is 0 Å². The lowest BCUT2D eigenvalue weighted by Gasteiger charge is -2.13. The topological polar surface area (TPSA) is 74.7 Å². The monoisotopic (exact) mass is 337 g/mol. The van der Waals surface area contributed by atoms with Crippen LogP contribution in [0.3, 0.4) is 0 Å². The Morgan fingerprint density at radius 3 is 2.27 bits per heavy atom. The van der Waals surface area contributed by atoms with Crippen molar-refractivity contribution in [3.05, 3.63) is 54.1 Å². The predicted octanol–water partition coefficient (Wildman–Crippen LogP) is 2.79. The predicted molar refractivity (Wildman–Crippen MR) is 84.8 cm³/mol. The van der Waals surface area contributed by atoms with Crippen LogP contribution in [0.25, 0.3) is 0 Å². The van der Waals surface area contributed by atoms with Crippen LogP contribution in [0.15, 0.2) is 63.2 Å². The third-order valence-corrected chi connectivity index (χ3v) is 5.83. The van der Waals surface area contributed by atoms with Gasteiger partial charge in [0.15, 0.2) is 0 Å². The molecule has 0 bridgehead atoms. The van der Waals surface area contributed by atoms with Crippen LogP contribution in [0.5, 0.6) is 0 Å². The minimum Gasteiger partial charge on any atom is -0.478 e. The maximum Gasteiger partial charge on any atom is 0.336 e. The van der Waals surface area contributed by atoms with Crippen LogP contribution in [-0.4, -0.2) is 37.9 Å². The molecule has 0 aromatic heterocycles. The van der Waals surface area contributed by atoms with Crippen molar-refractivity contribution in [1.82, 2.24) is 4.31 Å². The molecule has 0 amide bonds. The first-order valence-electron chi connectivity index (χ1n) is 6.35. The van der Waals surface area contributed by atoms with Gasteiger partial charge in [-0.05, 0) is 30.3 Å². The molecule has 0 aliphatic rings. The van der Waals surface area contributed by atoms with Crippen molar-refractivity contribution in [2.75, 3.05) is 14.1 Å². The Morgan fingerprint density at radius 1 is 1.09 bits per heavy atom. The van der Waals surface area contributed by atoms with E-state index in [0.717, 1.165) is 9.20 Å². The summed E-state index contributed by atoms with van der Waals surface area (Å²) < 4.78 is 25.3. The molecule has 0 saturated heterocycles. The summed E-state index contributed by atoms with van der Waals surface area (Å²) in [6, 6.07) is 13.4. The normalized spacial score (nSPS) is 11.6. The van der Waals surface area contributed by atoms with Gasteiger partial charge in [-0.25, -0.2) is 17.5 Å². The Labute approximate surface area is 133 Å². The van der Waals surface area contributed by atoms with E-state index in [-0.39, 0.29) is 10.5 Å². The van der Waals surface area contributed by atoms with Gasteiger partial charge >= 0.3 is 5.97 Å². The average Bonchev–Trinajstić information content (AvgIpc) is 2.48. The van der Waals surface area contributed by atoms with Crippen molar-refractivity contribution in [3.8, 4) is 0 Å². The van der Waals surface area contributed by atoms with Crippen molar-refractivity contribution in [2.24, 2.45) is 0 Å². The molecule has 0 aliphatic heterocycles. The molecule has 0 heterocycles. The van der Waals surface area contributed by atoms with Crippen molar-refractivity contribution in [3.63, 3.8) is 0 Å². The van der Waals surface area contributed by atoms with Gasteiger partial charge in [-0.3, -0.25) is 0 Å². The first-order chi connectivity index (χ1) is 10.3. The highest BCUT2D eigenvalue weighted by Gasteiger charge is 2.21. The maximum absolute atomic E-state index is 12.1. The third-order valence-electron chi connectivity index (χ3n) is 2.93. The highest BCUT2D eigenvalue weighted by atomic mass is 32.2. The molecule has 7 heteroatoms. The van der Waals surface area contributed by atoms with E-state index >= 15 is 0 Å². The lowest BCUT2D eigenvalue weighted by atomic mass is 10.2. The molecule has 0 saturated carbocycles. The van der Waals surface area contributed by atoms with Crippen LogP contribution in [0.4, 0.5) is 0 Å². The molecule has 0 radical (unpaired) electrons. The highest BCUT2D eigenvalue weighted by Crippen LogP contribution is 2.32. The van der Waals surface area contributed by atoms with Crippen LogP contribution < -0.4 is 0 Å². The molecule has 2 aromatic carbocycles. The zero-order valence-corrected chi connectivity index (χ0v) is 13.7. The summed E-state index contributed by atoms with van der Waals surface area (Å²) >= 11 is 1.28. The van der Waals surface area contributed by atoms with Crippen molar-refractivity contribution < 1.29 is 18.3 Å². The fraction of sp³-hybridized carbons (Fsp3) is 0.133. The molecule has 116 valence electrons. The van der Waals surface area contributed by atoms with E-state index in [1.165, 1.54) is 44.1 Å². The molecular weight excluding hydrogens is 322 g/mol. The molecule has 0 spiro atoms. The summed E-state index contributed by atoms with van der Waals surface area (Å²) in [5.41, 5.74) is -0.0308. The number of hydrogen-bond donors (Lipinski definition) is 1. The standard InChI is InChI=1S/C15H15NO4S2/c1-16(2)22(19,20)12-8-9-14(13(10-12)15(17)18)21-11-6-4-3-5-7-11/h3-10H,1-2H3,(H,17,18). The quantitative estimate of drug-likeness (QED) is 0.908. The Bertz CT molecular complexity index is 786. The van der Waals surface area contributed by atoms with Gasteiger partial charge in [0, 0.05) is 23.9 Å². The van der Waals surface area contributed by atoms with E-state index in [9.17, 15) is 18.3 Å². The van der Waals surface area contributed by atoms with E-state index in [4.69, 9.17) is 0 Å². The largest absolute Gasteiger partial charge is 0.478 e. The maximum atomic E-state index is 12.1. The van der Waals surface area contributed by atoms with Gasteiger partial charge < -0.3 is 5.11 Å². The van der Waals surface area contributed by atoms with Crippen LogP contribution in [0.1, 0.15) is 10.4 Å². The average molecular weight is 337 g/mol. The number of aromatic carboxylic acids is 1. The van der Waals surface area contributed by atoms with Crippen molar-refractivity contribution >= 4 is 27.8 Å². The summed E-state index contributed by atoms with van der Waals surface area (Å²) in [6.07, 6.45) is 0. The van der Waals surface area contributed by atoms with Gasteiger partial charge in [0.05, 0.1) is 10.5 Å². The van der Waals surface area contributed by atoms with E-state index < -0.39 is 16.0 Å². The number of nitrogens with zero attached hydrogens (tertiary/aromatic N) is 1. The number of carbonyl (C=O) groups is 1. The molecule has 0 fully saturated rings. The second-order valence-corrected chi connectivity index (χ2v) is 7.93. The number of hydrogen-bond acceptors (Lipinski definition) is 4. The number of rotatable bonds is 5. The van der Waals surface area contributed by atoms with E-state index in [1.807, 2.05) is 30.3 Å². The van der Waals surface area contributed by atoms with Crippen LogP contribution in [0.2, 0.25) is 0 Å². The lowest BCUT2D eigenvalue weighted by Crippen LogP contribution is -2.22. The van der Waals surface area contributed by atoms with Crippen LogP contribution >= 0.6 is 11.8 Å². The van der Waals surface area contributed by atoms with Gasteiger partial charge in [-0.15, -0.1) is 0 Å². The van der Waals surface area contributed by atoms with Crippen LogP contribution in [-0.2, 0) is 10.0 Å². The highest BCUT2D eigenvalue weighted by molar-refractivity contribution is 7.99. The molecule has 2 aromatic rings. The molecule has 22 heavy (non-hydrogen) atoms. The molecule has 0 atom stereocenters. The van der Waals surface area contributed by atoms with Gasteiger partial charge in [0.25, 0.3) is 0 Å². The molecule has 0 aliphatic carbocycles. The van der Waals surface area contributed by atoms with E-state index in [1.54, 1.807) is 0 Å². The van der Waals surface area contributed by atoms with Gasteiger partial charge in [-0.1, -0.05) is 30.0 Å². The number of carboxylic acids is 1. The third kappa shape index (κ3) is 3.49. The molecular formula is C15H15NO4S2. The summed E-state index contributed by atoms with van der Waals surface area (Å²) in [7, 11) is -0.851. The SMILES string of the molecule is CN(C)S(=O)(=O)c1ccc(Sc2ccccc2)c(C(=O)O)c1. The Hall–Kier alpha value is -1.83. The first-order valence-corrected chi connectivity index (χ1v) is 8.61. The van der Waals surface area contributed by atoms with Gasteiger partial charge in [0.1, 0.15) is 0 Å². The zero-order chi connectivity index (χ0) is 16.3. The minimum absolute atomic E-state index is 0.0308. The summed E-state index contributed by atoms with van der Waals surface area (Å²) in [4.78, 5) is 12.8. The van der Waals surface area contributed by atoms with Crippen molar-refractivity contribution in [1.29, 1.82) is 0 Å². The Morgan fingerprint density at radius 2 is 1.73 bits per heavy atom. The Balaban J connectivity index is 2.47. The van der Waals surface area contributed by atoms with E-state index in [2.05, 4.69) is 0 Å². The van der Waals surface area contributed by atoms with E-state index in [0.29, 0.717) is 4.90 Å². The summed E-state index contributed by atoms with van der Waals surface area (Å²) in [5, 5.41) is 9.35. The molecule has 5 nitrogen and oxygen atoms in total. The number of carboxylic acid groups (broad SMARTS) is 1. The van der Waals surface area contributed by atoms with Crippen LogP contribution in [0, 0.1) is 0 Å². The minimum atomic E-state index is -3.66. The number of sulfonamides is 1. The summed E-state index contributed by atoms with van der Waals surface area (Å²) in [6.45, 7) is 0. The second-order valence-electron chi connectivity index (χ2n) is 4.67.